The minimum Gasteiger partial charge on any atom is -0.496 e. The zero-order valence-electron chi connectivity index (χ0n) is 12.7. The van der Waals surface area contributed by atoms with Crippen molar-refractivity contribution in [2.24, 2.45) is 5.92 Å². The van der Waals surface area contributed by atoms with Crippen molar-refractivity contribution in [1.82, 2.24) is 4.31 Å². The molecule has 1 unspecified atom stereocenters. The van der Waals surface area contributed by atoms with Crippen molar-refractivity contribution in [2.45, 2.75) is 25.7 Å². The highest BCUT2D eigenvalue weighted by Gasteiger charge is 2.27. The predicted molar refractivity (Wildman–Crippen MR) is 79.0 cm³/mol. The first kappa shape index (κ1) is 17.5. The quantitative estimate of drug-likeness (QED) is 0.828. The Morgan fingerprint density at radius 2 is 2.05 bits per heavy atom. The second-order valence-electron chi connectivity index (χ2n) is 4.83. The molecule has 0 aromatic heterocycles. The molecule has 1 rings (SSSR count). The molecule has 7 heteroatoms. The average molecular weight is 315 g/mol. The number of ether oxygens (including phenoxy) is 1. The molecule has 1 aromatic rings. The summed E-state index contributed by atoms with van der Waals surface area (Å²) in [6, 6.07) is 4.59. The van der Waals surface area contributed by atoms with Gasteiger partial charge in [-0.25, -0.2) is 8.42 Å². The van der Waals surface area contributed by atoms with E-state index in [1.807, 2.05) is 0 Å². The van der Waals surface area contributed by atoms with E-state index in [4.69, 9.17) is 9.84 Å². The van der Waals surface area contributed by atoms with E-state index in [-0.39, 0.29) is 18.0 Å². The lowest BCUT2D eigenvalue weighted by Crippen LogP contribution is -2.36. The molecule has 0 spiro atoms. The van der Waals surface area contributed by atoms with Crippen LogP contribution >= 0.6 is 0 Å². The maximum atomic E-state index is 12.6. The van der Waals surface area contributed by atoms with Gasteiger partial charge >= 0.3 is 5.97 Å². The Morgan fingerprint density at radius 3 is 2.48 bits per heavy atom. The molecular weight excluding hydrogens is 294 g/mol. The van der Waals surface area contributed by atoms with Gasteiger partial charge in [0.05, 0.1) is 17.9 Å². The minimum absolute atomic E-state index is 0.0563. The summed E-state index contributed by atoms with van der Waals surface area (Å²) in [6.45, 7) is 5.08. The van der Waals surface area contributed by atoms with Crippen LogP contribution < -0.4 is 4.74 Å². The van der Waals surface area contributed by atoms with Crippen LogP contribution in [0.3, 0.4) is 0 Å². The zero-order chi connectivity index (χ0) is 16.2. The predicted octanol–water partition coefficient (Wildman–Crippen LogP) is 1.73. The fraction of sp³-hybridized carbons (Fsp3) is 0.500. The zero-order valence-corrected chi connectivity index (χ0v) is 13.5. The van der Waals surface area contributed by atoms with Crippen LogP contribution in [0.4, 0.5) is 0 Å². The molecule has 0 amide bonds. The molecule has 0 radical (unpaired) electrons. The summed E-state index contributed by atoms with van der Waals surface area (Å²) in [4.78, 5) is 11.1. The SMILES string of the molecule is CCN(CC(C)C(=O)O)S(=O)(=O)c1ccc(OC)c(C)c1. The Kier molecular flexibility index (Phi) is 5.74. The van der Waals surface area contributed by atoms with Crippen LogP contribution in [0.1, 0.15) is 19.4 Å². The van der Waals surface area contributed by atoms with Gasteiger partial charge in [-0.3, -0.25) is 4.79 Å². The van der Waals surface area contributed by atoms with E-state index in [2.05, 4.69) is 0 Å². The summed E-state index contributed by atoms with van der Waals surface area (Å²) in [5.74, 6) is -1.18. The van der Waals surface area contributed by atoms with Crippen molar-refractivity contribution in [1.29, 1.82) is 0 Å². The van der Waals surface area contributed by atoms with Gasteiger partial charge in [0.2, 0.25) is 10.0 Å². The van der Waals surface area contributed by atoms with Crippen molar-refractivity contribution in [3.8, 4) is 5.75 Å². The van der Waals surface area contributed by atoms with Crippen molar-refractivity contribution in [2.75, 3.05) is 20.2 Å². The summed E-state index contributed by atoms with van der Waals surface area (Å²) in [5.41, 5.74) is 0.709. The highest BCUT2D eigenvalue weighted by molar-refractivity contribution is 7.89. The number of rotatable bonds is 7. The molecular formula is C14H21NO5S. The van der Waals surface area contributed by atoms with Gasteiger partial charge in [-0.05, 0) is 30.7 Å². The molecule has 0 aliphatic heterocycles. The number of carbonyl (C=O) groups is 1. The Balaban J connectivity index is 3.12. The number of aliphatic carboxylic acids is 1. The first-order chi connectivity index (χ1) is 9.73. The smallest absolute Gasteiger partial charge is 0.307 e. The number of methoxy groups -OCH3 is 1. The number of benzene rings is 1. The molecule has 0 aliphatic carbocycles. The highest BCUT2D eigenvalue weighted by atomic mass is 32.2. The van der Waals surface area contributed by atoms with Crippen LogP contribution in [0.2, 0.25) is 0 Å². The number of nitrogens with zero attached hydrogens (tertiary/aromatic N) is 1. The van der Waals surface area contributed by atoms with Crippen molar-refractivity contribution < 1.29 is 23.1 Å². The molecule has 0 fully saturated rings. The van der Waals surface area contributed by atoms with E-state index in [1.54, 1.807) is 19.9 Å². The molecule has 0 bridgehead atoms. The van der Waals surface area contributed by atoms with Crippen LogP contribution in [-0.4, -0.2) is 44.0 Å². The maximum Gasteiger partial charge on any atom is 0.307 e. The molecule has 21 heavy (non-hydrogen) atoms. The summed E-state index contributed by atoms with van der Waals surface area (Å²) < 4.78 is 31.4. The van der Waals surface area contributed by atoms with Gasteiger partial charge in [-0.2, -0.15) is 4.31 Å². The molecule has 1 atom stereocenters. The Labute approximate surface area is 125 Å². The lowest BCUT2D eigenvalue weighted by molar-refractivity contribution is -0.141. The number of hydrogen-bond donors (Lipinski definition) is 1. The lowest BCUT2D eigenvalue weighted by Gasteiger charge is -2.22. The largest absolute Gasteiger partial charge is 0.496 e. The number of hydrogen-bond acceptors (Lipinski definition) is 4. The summed E-state index contributed by atoms with van der Waals surface area (Å²) in [5, 5.41) is 8.94. The minimum atomic E-state index is -3.71. The van der Waals surface area contributed by atoms with Gasteiger partial charge in [0.1, 0.15) is 5.75 Å². The summed E-state index contributed by atoms with van der Waals surface area (Å²) >= 11 is 0. The molecule has 0 saturated carbocycles. The second-order valence-corrected chi connectivity index (χ2v) is 6.76. The third-order valence-corrected chi connectivity index (χ3v) is 5.19. The Bertz CT molecular complexity index is 612. The van der Waals surface area contributed by atoms with Crippen LogP contribution in [0.25, 0.3) is 0 Å². The van der Waals surface area contributed by atoms with E-state index in [0.29, 0.717) is 11.3 Å². The standard InChI is InChI=1S/C14H21NO5S/c1-5-15(9-11(3)14(16)17)21(18,19)12-6-7-13(20-4)10(2)8-12/h6-8,11H,5,9H2,1-4H3,(H,16,17). The third-order valence-electron chi connectivity index (χ3n) is 3.26. The van der Waals surface area contributed by atoms with Gasteiger partial charge < -0.3 is 9.84 Å². The first-order valence-electron chi connectivity index (χ1n) is 6.61. The Hall–Kier alpha value is -1.60. The normalized spacial score (nSPS) is 13.2. The van der Waals surface area contributed by atoms with Crippen molar-refractivity contribution >= 4 is 16.0 Å². The van der Waals surface area contributed by atoms with Crippen molar-refractivity contribution in [3.63, 3.8) is 0 Å². The van der Waals surface area contributed by atoms with E-state index in [0.717, 1.165) is 0 Å². The monoisotopic (exact) mass is 315 g/mol. The molecule has 1 N–H and O–H groups in total. The molecule has 1 aromatic carbocycles. The fourth-order valence-corrected chi connectivity index (χ4v) is 3.56. The topological polar surface area (TPSA) is 83.9 Å². The first-order valence-corrected chi connectivity index (χ1v) is 8.05. The van der Waals surface area contributed by atoms with Crippen molar-refractivity contribution in [3.05, 3.63) is 23.8 Å². The number of carboxylic acids is 1. The van der Waals surface area contributed by atoms with Crippen LogP contribution in [0, 0.1) is 12.8 Å². The number of carboxylic acid groups (broad SMARTS) is 1. The van der Waals surface area contributed by atoms with Crippen LogP contribution in [-0.2, 0) is 14.8 Å². The van der Waals surface area contributed by atoms with Crippen LogP contribution in [0.5, 0.6) is 5.75 Å². The molecule has 6 nitrogen and oxygen atoms in total. The van der Waals surface area contributed by atoms with Gasteiger partial charge in [-0.1, -0.05) is 13.8 Å². The fourth-order valence-electron chi connectivity index (χ4n) is 1.94. The van der Waals surface area contributed by atoms with E-state index >= 15 is 0 Å². The molecule has 0 heterocycles. The lowest BCUT2D eigenvalue weighted by atomic mass is 10.2. The maximum absolute atomic E-state index is 12.6. The number of aryl methyl sites for hydroxylation is 1. The van der Waals surface area contributed by atoms with Gasteiger partial charge in [0.25, 0.3) is 0 Å². The number of sulfonamides is 1. The highest BCUT2D eigenvalue weighted by Crippen LogP contribution is 2.24. The van der Waals surface area contributed by atoms with E-state index < -0.39 is 21.9 Å². The average Bonchev–Trinajstić information content (AvgIpc) is 2.43. The van der Waals surface area contributed by atoms with Gasteiger partial charge in [0, 0.05) is 13.1 Å². The third kappa shape index (κ3) is 3.95. The summed E-state index contributed by atoms with van der Waals surface area (Å²) in [6.07, 6.45) is 0. The molecule has 118 valence electrons. The van der Waals surface area contributed by atoms with Crippen LogP contribution in [0.15, 0.2) is 23.1 Å². The van der Waals surface area contributed by atoms with E-state index in [1.165, 1.54) is 30.5 Å². The van der Waals surface area contributed by atoms with Gasteiger partial charge in [-0.15, -0.1) is 0 Å². The molecule has 0 aliphatic rings. The van der Waals surface area contributed by atoms with E-state index in [9.17, 15) is 13.2 Å². The van der Waals surface area contributed by atoms with Gasteiger partial charge in [0.15, 0.2) is 0 Å². The second kappa shape index (κ2) is 6.91. The molecule has 0 saturated heterocycles. The Morgan fingerprint density at radius 1 is 1.43 bits per heavy atom. The summed E-state index contributed by atoms with van der Waals surface area (Å²) in [7, 11) is -2.20.